The number of rotatable bonds is 7. The molecule has 0 aliphatic carbocycles. The standard InChI is InChI=1S/C19H21NO4/c1-13-5-3-7-16(9-13)12-24-17-8-4-6-15(10-17)11-18(21)20-14(2)19(22)23/h3-10,14H,11-12H2,1-2H3,(H,20,21)(H,22,23). The van der Waals surface area contributed by atoms with E-state index in [9.17, 15) is 9.59 Å². The molecule has 5 heteroatoms. The van der Waals surface area contributed by atoms with E-state index in [-0.39, 0.29) is 12.3 Å². The average molecular weight is 327 g/mol. The number of hydrogen-bond acceptors (Lipinski definition) is 3. The van der Waals surface area contributed by atoms with Crippen molar-refractivity contribution in [3.8, 4) is 5.75 Å². The summed E-state index contributed by atoms with van der Waals surface area (Å²) in [6, 6.07) is 14.4. The lowest BCUT2D eigenvalue weighted by Gasteiger charge is -2.11. The molecular formula is C19H21NO4. The first kappa shape index (κ1) is 17.5. The van der Waals surface area contributed by atoms with Gasteiger partial charge in [-0.15, -0.1) is 0 Å². The number of nitrogens with one attached hydrogen (secondary N) is 1. The summed E-state index contributed by atoms with van der Waals surface area (Å²) in [6.45, 7) is 3.91. The summed E-state index contributed by atoms with van der Waals surface area (Å²) < 4.78 is 5.76. The minimum Gasteiger partial charge on any atom is -0.489 e. The number of aryl methyl sites for hydroxylation is 1. The first-order chi connectivity index (χ1) is 11.4. The molecule has 126 valence electrons. The molecule has 0 heterocycles. The van der Waals surface area contributed by atoms with Crippen molar-refractivity contribution in [2.75, 3.05) is 0 Å². The fourth-order valence-corrected chi connectivity index (χ4v) is 2.25. The number of benzene rings is 2. The van der Waals surface area contributed by atoms with Crippen LogP contribution in [0.1, 0.15) is 23.6 Å². The van der Waals surface area contributed by atoms with E-state index < -0.39 is 12.0 Å². The van der Waals surface area contributed by atoms with E-state index >= 15 is 0 Å². The van der Waals surface area contributed by atoms with Crippen LogP contribution < -0.4 is 10.1 Å². The predicted molar refractivity (Wildman–Crippen MR) is 90.9 cm³/mol. The Hall–Kier alpha value is -2.82. The van der Waals surface area contributed by atoms with Crippen LogP contribution >= 0.6 is 0 Å². The molecule has 5 nitrogen and oxygen atoms in total. The maximum Gasteiger partial charge on any atom is 0.325 e. The molecule has 0 aliphatic rings. The number of carboxylic acids is 1. The van der Waals surface area contributed by atoms with Crippen LogP contribution in [-0.4, -0.2) is 23.0 Å². The molecule has 1 amide bonds. The fourth-order valence-electron chi connectivity index (χ4n) is 2.25. The third-order valence-corrected chi connectivity index (χ3v) is 3.50. The van der Waals surface area contributed by atoms with Crippen molar-refractivity contribution in [2.24, 2.45) is 0 Å². The van der Waals surface area contributed by atoms with Crippen molar-refractivity contribution in [1.82, 2.24) is 5.32 Å². The Labute approximate surface area is 141 Å². The van der Waals surface area contributed by atoms with Crippen LogP contribution in [0.25, 0.3) is 0 Å². The fraction of sp³-hybridized carbons (Fsp3) is 0.263. The second-order valence-corrected chi connectivity index (χ2v) is 5.73. The molecule has 0 radical (unpaired) electrons. The SMILES string of the molecule is Cc1cccc(COc2cccc(CC(=O)NC(C)C(=O)O)c2)c1. The largest absolute Gasteiger partial charge is 0.489 e. The molecule has 0 aromatic heterocycles. The predicted octanol–water partition coefficient (Wildman–Crippen LogP) is 2.71. The lowest BCUT2D eigenvalue weighted by molar-refractivity contribution is -0.141. The van der Waals surface area contributed by atoms with E-state index in [1.165, 1.54) is 12.5 Å². The number of carbonyl (C=O) groups is 2. The molecule has 0 fully saturated rings. The van der Waals surface area contributed by atoms with Gasteiger partial charge < -0.3 is 15.2 Å². The van der Waals surface area contributed by atoms with Gasteiger partial charge in [0.15, 0.2) is 0 Å². The summed E-state index contributed by atoms with van der Waals surface area (Å²) in [5.41, 5.74) is 3.02. The molecule has 2 aromatic rings. The third kappa shape index (κ3) is 5.43. The van der Waals surface area contributed by atoms with Crippen molar-refractivity contribution in [3.05, 3.63) is 65.2 Å². The highest BCUT2D eigenvalue weighted by Gasteiger charge is 2.14. The highest BCUT2D eigenvalue weighted by atomic mass is 16.5. The van der Waals surface area contributed by atoms with Crippen LogP contribution in [0.15, 0.2) is 48.5 Å². The summed E-state index contributed by atoms with van der Waals surface area (Å²) in [5.74, 6) is -0.715. The summed E-state index contributed by atoms with van der Waals surface area (Å²) in [4.78, 5) is 22.6. The Morgan fingerprint density at radius 2 is 1.83 bits per heavy atom. The van der Waals surface area contributed by atoms with Gasteiger partial charge in [0.25, 0.3) is 0 Å². The minimum atomic E-state index is -1.06. The summed E-state index contributed by atoms with van der Waals surface area (Å²) >= 11 is 0. The van der Waals surface area contributed by atoms with Gasteiger partial charge in [-0.3, -0.25) is 9.59 Å². The molecule has 1 atom stereocenters. The molecule has 0 spiro atoms. The van der Waals surface area contributed by atoms with Crippen LogP contribution in [0.3, 0.4) is 0 Å². The lowest BCUT2D eigenvalue weighted by atomic mass is 10.1. The number of hydrogen-bond donors (Lipinski definition) is 2. The Kier molecular flexibility index (Phi) is 5.95. The molecule has 0 saturated carbocycles. The van der Waals surface area contributed by atoms with E-state index in [0.29, 0.717) is 12.4 Å². The van der Waals surface area contributed by atoms with Crippen LogP contribution in [0.5, 0.6) is 5.75 Å². The quantitative estimate of drug-likeness (QED) is 0.820. The van der Waals surface area contributed by atoms with Gasteiger partial charge >= 0.3 is 5.97 Å². The summed E-state index contributed by atoms with van der Waals surface area (Å²) in [5, 5.41) is 11.2. The Morgan fingerprint density at radius 1 is 1.12 bits per heavy atom. The second-order valence-electron chi connectivity index (χ2n) is 5.73. The zero-order valence-corrected chi connectivity index (χ0v) is 13.8. The van der Waals surface area contributed by atoms with Crippen molar-refractivity contribution in [1.29, 1.82) is 0 Å². The highest BCUT2D eigenvalue weighted by molar-refractivity contribution is 5.84. The molecule has 2 N–H and O–H groups in total. The van der Waals surface area contributed by atoms with Crippen LogP contribution in [-0.2, 0) is 22.6 Å². The third-order valence-electron chi connectivity index (χ3n) is 3.50. The van der Waals surface area contributed by atoms with Gasteiger partial charge in [0.1, 0.15) is 18.4 Å². The zero-order valence-electron chi connectivity index (χ0n) is 13.8. The zero-order chi connectivity index (χ0) is 17.5. The van der Waals surface area contributed by atoms with E-state index in [4.69, 9.17) is 9.84 Å². The molecule has 1 unspecified atom stereocenters. The monoisotopic (exact) mass is 327 g/mol. The summed E-state index contributed by atoms with van der Waals surface area (Å²) in [6.07, 6.45) is 0.110. The lowest BCUT2D eigenvalue weighted by Crippen LogP contribution is -2.39. The molecule has 2 rings (SSSR count). The number of ether oxygens (including phenoxy) is 1. The number of carboxylic acid groups (broad SMARTS) is 1. The molecular weight excluding hydrogens is 306 g/mol. The first-order valence-corrected chi connectivity index (χ1v) is 7.73. The number of aliphatic carboxylic acids is 1. The van der Waals surface area contributed by atoms with Gasteiger partial charge in [-0.1, -0.05) is 42.0 Å². The normalized spacial score (nSPS) is 11.6. The van der Waals surface area contributed by atoms with Crippen molar-refractivity contribution < 1.29 is 19.4 Å². The smallest absolute Gasteiger partial charge is 0.325 e. The van der Waals surface area contributed by atoms with Crippen molar-refractivity contribution in [2.45, 2.75) is 32.9 Å². The van der Waals surface area contributed by atoms with Crippen LogP contribution in [0, 0.1) is 6.92 Å². The molecule has 0 saturated heterocycles. The van der Waals surface area contributed by atoms with Gasteiger partial charge in [-0.05, 0) is 37.1 Å². The van der Waals surface area contributed by atoms with Crippen molar-refractivity contribution in [3.63, 3.8) is 0 Å². The van der Waals surface area contributed by atoms with Crippen molar-refractivity contribution >= 4 is 11.9 Å². The van der Waals surface area contributed by atoms with Gasteiger partial charge in [-0.25, -0.2) is 0 Å². The van der Waals surface area contributed by atoms with E-state index in [1.54, 1.807) is 6.07 Å². The molecule has 24 heavy (non-hydrogen) atoms. The number of amides is 1. The Bertz CT molecular complexity index is 727. The van der Waals surface area contributed by atoms with E-state index in [2.05, 4.69) is 11.4 Å². The van der Waals surface area contributed by atoms with E-state index in [1.807, 2.05) is 43.3 Å². The first-order valence-electron chi connectivity index (χ1n) is 7.73. The Balaban J connectivity index is 1.93. The molecule has 0 bridgehead atoms. The van der Waals surface area contributed by atoms with Gasteiger partial charge in [0.05, 0.1) is 6.42 Å². The maximum absolute atomic E-state index is 11.8. The molecule has 0 aliphatic heterocycles. The van der Waals surface area contributed by atoms with Gasteiger partial charge in [0.2, 0.25) is 5.91 Å². The number of carbonyl (C=O) groups excluding carboxylic acids is 1. The summed E-state index contributed by atoms with van der Waals surface area (Å²) in [7, 11) is 0. The highest BCUT2D eigenvalue weighted by Crippen LogP contribution is 2.16. The van der Waals surface area contributed by atoms with Crippen LogP contribution in [0.4, 0.5) is 0 Å². The average Bonchev–Trinajstić information content (AvgIpc) is 2.53. The Morgan fingerprint density at radius 3 is 2.54 bits per heavy atom. The van der Waals surface area contributed by atoms with Gasteiger partial charge in [-0.2, -0.15) is 0 Å². The molecule has 2 aromatic carbocycles. The van der Waals surface area contributed by atoms with E-state index in [0.717, 1.165) is 11.1 Å². The minimum absolute atomic E-state index is 0.110. The maximum atomic E-state index is 11.8. The van der Waals surface area contributed by atoms with Gasteiger partial charge in [0, 0.05) is 0 Å². The topological polar surface area (TPSA) is 75.6 Å². The van der Waals surface area contributed by atoms with Crippen LogP contribution in [0.2, 0.25) is 0 Å². The second kappa shape index (κ2) is 8.15.